The Kier molecular flexibility index (Phi) is 9.60. The first-order chi connectivity index (χ1) is 22.2. The van der Waals surface area contributed by atoms with Crippen LogP contribution in [0.4, 0.5) is 23.2 Å². The zero-order valence-electron chi connectivity index (χ0n) is 25.7. The number of hydrogen-bond donors (Lipinski definition) is 2. The van der Waals surface area contributed by atoms with Crippen molar-refractivity contribution in [3.05, 3.63) is 83.2 Å². The van der Waals surface area contributed by atoms with Crippen LogP contribution in [0.2, 0.25) is 0 Å². The molecular formula is C35H39F4N5O2. The van der Waals surface area contributed by atoms with Gasteiger partial charge in [-0.2, -0.15) is 13.2 Å². The molecule has 1 atom stereocenters. The van der Waals surface area contributed by atoms with E-state index >= 15 is 0 Å². The van der Waals surface area contributed by atoms with Gasteiger partial charge in [0, 0.05) is 43.3 Å². The third-order valence-corrected chi connectivity index (χ3v) is 9.14. The van der Waals surface area contributed by atoms with E-state index in [2.05, 4.69) is 10.2 Å². The Labute approximate surface area is 265 Å². The Balaban J connectivity index is 1.36. The summed E-state index contributed by atoms with van der Waals surface area (Å²) in [6.45, 7) is 3.81. The fourth-order valence-electron chi connectivity index (χ4n) is 6.67. The molecule has 1 aromatic heterocycles. The molecule has 7 nitrogen and oxygen atoms in total. The number of imidazole rings is 1. The van der Waals surface area contributed by atoms with Crippen molar-refractivity contribution in [1.29, 1.82) is 0 Å². The molecule has 0 radical (unpaired) electrons. The normalized spacial score (nSPS) is 17.0. The van der Waals surface area contributed by atoms with Gasteiger partial charge in [-0.25, -0.2) is 9.37 Å². The highest BCUT2D eigenvalue weighted by Gasteiger charge is 2.34. The maximum Gasteiger partial charge on any atom is 0.419 e. The van der Waals surface area contributed by atoms with Crippen molar-refractivity contribution in [1.82, 2.24) is 14.9 Å². The van der Waals surface area contributed by atoms with Crippen LogP contribution in [0.1, 0.15) is 61.3 Å². The molecule has 1 aliphatic carbocycles. The van der Waals surface area contributed by atoms with E-state index in [4.69, 9.17) is 15.5 Å². The minimum absolute atomic E-state index is 0.107. The molecule has 1 saturated carbocycles. The Morgan fingerprint density at radius 1 is 1.00 bits per heavy atom. The number of nitrogens with zero attached hydrogens (tertiary/aromatic N) is 3. The number of halogens is 4. The molecule has 0 spiro atoms. The minimum atomic E-state index is -4.78. The van der Waals surface area contributed by atoms with Gasteiger partial charge in [0.15, 0.2) is 0 Å². The van der Waals surface area contributed by atoms with Crippen LogP contribution >= 0.6 is 0 Å². The summed E-state index contributed by atoms with van der Waals surface area (Å²) in [4.78, 5) is 19.3. The second kappa shape index (κ2) is 13.8. The number of carbonyl (C=O) groups is 1. The molecule has 2 fully saturated rings. The van der Waals surface area contributed by atoms with Gasteiger partial charge in [-0.3, -0.25) is 4.79 Å². The SMILES string of the molecule is NC(=O)CC(NCC1CCCCC1)c1ccc2c(c1)nc(-c1ccc(N3CCOCC3)cc1)n2Cc1ccc(C(F)(F)F)c(F)c1. The smallest absolute Gasteiger partial charge is 0.378 e. The number of ether oxygens (including phenoxy) is 1. The monoisotopic (exact) mass is 637 g/mol. The van der Waals surface area contributed by atoms with Crippen molar-refractivity contribution >= 4 is 22.6 Å². The van der Waals surface area contributed by atoms with E-state index in [9.17, 15) is 22.4 Å². The van der Waals surface area contributed by atoms with Crippen LogP contribution in [0, 0.1) is 11.7 Å². The number of carbonyl (C=O) groups excluding carboxylic acids is 1. The summed E-state index contributed by atoms with van der Waals surface area (Å²) in [5.74, 6) is -0.561. The lowest BCUT2D eigenvalue weighted by Gasteiger charge is -2.28. The van der Waals surface area contributed by atoms with Crippen LogP contribution in [0.3, 0.4) is 0 Å². The molecule has 2 heterocycles. The number of amides is 1. The van der Waals surface area contributed by atoms with Crippen molar-refractivity contribution in [2.45, 2.75) is 57.3 Å². The van der Waals surface area contributed by atoms with E-state index in [1.165, 1.54) is 25.3 Å². The van der Waals surface area contributed by atoms with Gasteiger partial charge in [0.25, 0.3) is 0 Å². The summed E-state index contributed by atoms with van der Waals surface area (Å²) >= 11 is 0. The van der Waals surface area contributed by atoms with Crippen LogP contribution in [0.15, 0.2) is 60.7 Å². The van der Waals surface area contributed by atoms with Crippen LogP contribution in [-0.4, -0.2) is 48.3 Å². The lowest BCUT2D eigenvalue weighted by atomic mass is 9.89. The van der Waals surface area contributed by atoms with Crippen molar-refractivity contribution < 1.29 is 27.1 Å². The van der Waals surface area contributed by atoms with Gasteiger partial charge < -0.3 is 25.3 Å². The first-order valence-electron chi connectivity index (χ1n) is 16.0. The quantitative estimate of drug-likeness (QED) is 0.186. The predicted molar refractivity (Wildman–Crippen MR) is 170 cm³/mol. The molecule has 0 bridgehead atoms. The Hall–Kier alpha value is -3.96. The molecule has 1 amide bonds. The summed E-state index contributed by atoms with van der Waals surface area (Å²) in [6.07, 6.45) is 1.39. The predicted octanol–water partition coefficient (Wildman–Crippen LogP) is 6.83. The van der Waals surface area contributed by atoms with Gasteiger partial charge in [0.2, 0.25) is 5.91 Å². The largest absolute Gasteiger partial charge is 0.419 e. The third-order valence-electron chi connectivity index (χ3n) is 9.14. The molecule has 4 aromatic rings. The molecule has 1 aliphatic heterocycles. The van der Waals surface area contributed by atoms with Gasteiger partial charge in [-0.05, 0) is 85.0 Å². The Morgan fingerprint density at radius 2 is 1.74 bits per heavy atom. The van der Waals surface area contributed by atoms with Gasteiger partial charge in [0.1, 0.15) is 11.6 Å². The standard InChI is InChI=1S/C35H39F4N5O2/c36-29-18-24(6-12-28(29)35(37,38)39)22-44-32-13-9-26(30(20-33(40)45)41-21-23-4-2-1-3-5-23)19-31(32)42-34(44)25-7-10-27(11-8-25)43-14-16-46-17-15-43/h6-13,18-19,23,30,41H,1-5,14-17,20-22H2,(H2,40,45). The molecule has 2 aliphatic rings. The topological polar surface area (TPSA) is 85.4 Å². The number of nitrogens with one attached hydrogen (secondary N) is 1. The summed E-state index contributed by atoms with van der Waals surface area (Å²) in [5.41, 5.74) is 8.87. The lowest BCUT2D eigenvalue weighted by Crippen LogP contribution is -2.36. The summed E-state index contributed by atoms with van der Waals surface area (Å²) in [6, 6.07) is 16.5. The molecule has 11 heteroatoms. The molecular weight excluding hydrogens is 598 g/mol. The number of anilines is 1. The van der Waals surface area contributed by atoms with Gasteiger partial charge >= 0.3 is 6.18 Å². The van der Waals surface area contributed by atoms with Crippen molar-refractivity contribution in [2.75, 3.05) is 37.7 Å². The second-order valence-corrected chi connectivity index (χ2v) is 12.4. The number of benzene rings is 3. The second-order valence-electron chi connectivity index (χ2n) is 12.4. The molecule has 244 valence electrons. The molecule has 6 rings (SSSR count). The highest BCUT2D eigenvalue weighted by Crippen LogP contribution is 2.34. The summed E-state index contributed by atoms with van der Waals surface area (Å²) in [7, 11) is 0. The van der Waals surface area contributed by atoms with E-state index in [1.54, 1.807) is 0 Å². The number of aromatic nitrogens is 2. The number of rotatable bonds is 10. The first-order valence-corrected chi connectivity index (χ1v) is 16.0. The van der Waals surface area contributed by atoms with E-state index in [1.807, 2.05) is 47.0 Å². The number of morpholine rings is 1. The zero-order valence-corrected chi connectivity index (χ0v) is 25.7. The maximum absolute atomic E-state index is 14.6. The number of hydrogen-bond acceptors (Lipinski definition) is 5. The van der Waals surface area contributed by atoms with E-state index in [-0.39, 0.29) is 19.0 Å². The van der Waals surface area contributed by atoms with Gasteiger partial charge in [-0.1, -0.05) is 31.4 Å². The fraction of sp³-hybridized carbons (Fsp3) is 0.429. The van der Waals surface area contributed by atoms with Crippen LogP contribution in [0.5, 0.6) is 0 Å². The maximum atomic E-state index is 14.6. The Morgan fingerprint density at radius 3 is 2.41 bits per heavy atom. The number of nitrogens with two attached hydrogens (primary N) is 1. The lowest BCUT2D eigenvalue weighted by molar-refractivity contribution is -0.140. The number of primary amides is 1. The van der Waals surface area contributed by atoms with Crippen molar-refractivity contribution in [3.63, 3.8) is 0 Å². The van der Waals surface area contributed by atoms with Crippen LogP contribution in [0.25, 0.3) is 22.4 Å². The number of alkyl halides is 3. The van der Waals surface area contributed by atoms with E-state index < -0.39 is 23.5 Å². The summed E-state index contributed by atoms with van der Waals surface area (Å²) < 4.78 is 61.7. The van der Waals surface area contributed by atoms with Gasteiger partial charge in [0.05, 0.1) is 29.8 Å². The van der Waals surface area contributed by atoms with Crippen LogP contribution in [-0.2, 0) is 22.3 Å². The number of fused-ring (bicyclic) bond motifs is 1. The van der Waals surface area contributed by atoms with Crippen molar-refractivity contribution in [2.24, 2.45) is 11.7 Å². The zero-order chi connectivity index (χ0) is 32.3. The highest BCUT2D eigenvalue weighted by molar-refractivity contribution is 5.82. The van der Waals surface area contributed by atoms with E-state index in [0.29, 0.717) is 36.0 Å². The van der Waals surface area contributed by atoms with Crippen molar-refractivity contribution in [3.8, 4) is 11.4 Å². The fourth-order valence-corrected chi connectivity index (χ4v) is 6.67. The molecule has 1 saturated heterocycles. The van der Waals surface area contributed by atoms with E-state index in [0.717, 1.165) is 66.9 Å². The summed E-state index contributed by atoms with van der Waals surface area (Å²) in [5, 5.41) is 3.57. The molecule has 3 aromatic carbocycles. The molecule has 1 unspecified atom stereocenters. The minimum Gasteiger partial charge on any atom is -0.378 e. The average Bonchev–Trinajstić information content (AvgIpc) is 3.40. The highest BCUT2D eigenvalue weighted by atomic mass is 19.4. The molecule has 46 heavy (non-hydrogen) atoms. The van der Waals surface area contributed by atoms with Gasteiger partial charge in [-0.15, -0.1) is 0 Å². The Bertz CT molecular complexity index is 1660. The first kappa shape index (κ1) is 32.0. The van der Waals surface area contributed by atoms with Crippen LogP contribution < -0.4 is 16.0 Å². The average molecular weight is 638 g/mol. The molecule has 3 N–H and O–H groups in total. The third kappa shape index (κ3) is 7.36.